The van der Waals surface area contributed by atoms with Crippen LogP contribution in [-0.2, 0) is 5.75 Å². The predicted molar refractivity (Wildman–Crippen MR) is 107 cm³/mol. The van der Waals surface area contributed by atoms with Crippen molar-refractivity contribution in [2.45, 2.75) is 44.9 Å². The first kappa shape index (κ1) is 17.6. The molecular formula is C22H29NS. The Kier molecular flexibility index (Phi) is 6.02. The van der Waals surface area contributed by atoms with Crippen LogP contribution in [-0.4, -0.2) is 18.0 Å². The van der Waals surface area contributed by atoms with Gasteiger partial charge in [0.15, 0.2) is 0 Å². The number of piperidine rings is 1. The highest BCUT2D eigenvalue weighted by molar-refractivity contribution is 8.02. The average molecular weight is 340 g/mol. The van der Waals surface area contributed by atoms with Gasteiger partial charge in [-0.1, -0.05) is 62.9 Å². The Labute approximate surface area is 151 Å². The smallest absolute Gasteiger partial charge is 0.0615 e. The van der Waals surface area contributed by atoms with Crippen LogP contribution in [0.5, 0.6) is 0 Å². The highest BCUT2D eigenvalue weighted by Gasteiger charge is 2.31. The minimum atomic E-state index is 0.375. The van der Waals surface area contributed by atoms with Crippen LogP contribution in [0.15, 0.2) is 59.6 Å². The lowest BCUT2D eigenvalue weighted by molar-refractivity contribution is 0.157. The molecule has 3 rings (SSSR count). The molecule has 128 valence electrons. The van der Waals surface area contributed by atoms with Crippen molar-refractivity contribution in [1.82, 2.24) is 4.90 Å². The molecule has 0 aromatic heterocycles. The van der Waals surface area contributed by atoms with Crippen molar-refractivity contribution in [3.63, 3.8) is 0 Å². The molecule has 24 heavy (non-hydrogen) atoms. The number of thioether (sulfide) groups is 1. The van der Waals surface area contributed by atoms with Crippen LogP contribution >= 0.6 is 11.8 Å². The molecule has 0 saturated carbocycles. The SMILES string of the molecule is C=CC1=C(/C=C\CC)C(N2CCC(C)CC2)c2ccccc2CS1. The number of hydrogen-bond acceptors (Lipinski definition) is 2. The quantitative estimate of drug-likeness (QED) is 0.651. The van der Waals surface area contributed by atoms with E-state index in [-0.39, 0.29) is 0 Å². The zero-order valence-electron chi connectivity index (χ0n) is 15.0. The van der Waals surface area contributed by atoms with Crippen molar-refractivity contribution in [3.8, 4) is 0 Å². The topological polar surface area (TPSA) is 3.24 Å². The van der Waals surface area contributed by atoms with E-state index in [0.29, 0.717) is 6.04 Å². The molecule has 1 atom stereocenters. The summed E-state index contributed by atoms with van der Waals surface area (Å²) in [6.45, 7) is 11.1. The largest absolute Gasteiger partial charge is 0.292 e. The molecule has 0 radical (unpaired) electrons. The Hall–Kier alpha value is -1.25. The van der Waals surface area contributed by atoms with Gasteiger partial charge in [-0.2, -0.15) is 0 Å². The number of hydrogen-bond donors (Lipinski definition) is 0. The summed E-state index contributed by atoms with van der Waals surface area (Å²) in [5.41, 5.74) is 4.41. The molecule has 2 aliphatic rings. The third kappa shape index (κ3) is 3.70. The first-order chi connectivity index (χ1) is 11.7. The Morgan fingerprint density at radius 2 is 2.00 bits per heavy atom. The van der Waals surface area contributed by atoms with Gasteiger partial charge in [0.1, 0.15) is 0 Å². The minimum absolute atomic E-state index is 0.375. The van der Waals surface area contributed by atoms with Crippen LogP contribution < -0.4 is 0 Å². The number of fused-ring (bicyclic) bond motifs is 1. The van der Waals surface area contributed by atoms with E-state index in [1.807, 2.05) is 11.8 Å². The molecule has 1 aromatic rings. The van der Waals surface area contributed by atoms with E-state index >= 15 is 0 Å². The van der Waals surface area contributed by atoms with E-state index in [9.17, 15) is 0 Å². The van der Waals surface area contributed by atoms with Crippen molar-refractivity contribution in [2.24, 2.45) is 5.92 Å². The summed E-state index contributed by atoms with van der Waals surface area (Å²) in [7, 11) is 0. The van der Waals surface area contributed by atoms with Crippen molar-refractivity contribution in [2.75, 3.05) is 13.1 Å². The predicted octanol–water partition coefficient (Wildman–Crippen LogP) is 6.11. The molecule has 1 unspecified atom stereocenters. The van der Waals surface area contributed by atoms with E-state index in [4.69, 9.17) is 0 Å². The van der Waals surface area contributed by atoms with E-state index in [1.54, 1.807) is 0 Å². The first-order valence-electron chi connectivity index (χ1n) is 9.22. The van der Waals surface area contributed by atoms with Gasteiger partial charge < -0.3 is 0 Å². The second kappa shape index (κ2) is 8.22. The van der Waals surface area contributed by atoms with Gasteiger partial charge in [-0.05, 0) is 55.0 Å². The number of benzene rings is 1. The Bertz CT molecular complexity index is 635. The summed E-state index contributed by atoms with van der Waals surface area (Å²) >= 11 is 1.94. The summed E-state index contributed by atoms with van der Waals surface area (Å²) in [5.74, 6) is 1.90. The summed E-state index contributed by atoms with van der Waals surface area (Å²) in [6.07, 6.45) is 10.4. The van der Waals surface area contributed by atoms with Crippen LogP contribution in [0.1, 0.15) is 50.3 Å². The van der Waals surface area contributed by atoms with Gasteiger partial charge in [-0.25, -0.2) is 0 Å². The second-order valence-corrected chi connectivity index (χ2v) is 7.96. The highest BCUT2D eigenvalue weighted by Crippen LogP contribution is 2.43. The van der Waals surface area contributed by atoms with Gasteiger partial charge in [-0.15, -0.1) is 11.8 Å². The van der Waals surface area contributed by atoms with E-state index < -0.39 is 0 Å². The lowest BCUT2D eigenvalue weighted by Gasteiger charge is -2.38. The molecule has 2 aliphatic heterocycles. The molecule has 0 bridgehead atoms. The fourth-order valence-corrected chi connectivity index (χ4v) is 4.79. The van der Waals surface area contributed by atoms with Gasteiger partial charge in [-0.3, -0.25) is 4.90 Å². The monoisotopic (exact) mass is 339 g/mol. The molecular weight excluding hydrogens is 310 g/mol. The lowest BCUT2D eigenvalue weighted by Crippen LogP contribution is -2.37. The van der Waals surface area contributed by atoms with Gasteiger partial charge in [0, 0.05) is 10.7 Å². The third-order valence-electron chi connectivity index (χ3n) is 5.21. The Morgan fingerprint density at radius 3 is 2.71 bits per heavy atom. The van der Waals surface area contributed by atoms with Gasteiger partial charge in [0.05, 0.1) is 6.04 Å². The molecule has 0 aliphatic carbocycles. The molecule has 2 heteroatoms. The van der Waals surface area contributed by atoms with Crippen molar-refractivity contribution < 1.29 is 0 Å². The summed E-state index contributed by atoms with van der Waals surface area (Å²) < 4.78 is 0. The Balaban J connectivity index is 2.07. The van der Waals surface area contributed by atoms with E-state index in [0.717, 1.165) is 18.1 Å². The molecule has 0 N–H and O–H groups in total. The maximum absolute atomic E-state index is 4.11. The van der Waals surface area contributed by atoms with Gasteiger partial charge >= 0.3 is 0 Å². The number of nitrogens with zero attached hydrogens (tertiary/aromatic N) is 1. The molecule has 1 fully saturated rings. The van der Waals surface area contributed by atoms with Crippen LogP contribution in [0.3, 0.4) is 0 Å². The van der Waals surface area contributed by atoms with Crippen LogP contribution in [0.2, 0.25) is 0 Å². The van der Waals surface area contributed by atoms with E-state index in [2.05, 4.69) is 67.8 Å². The fourth-order valence-electron chi connectivity index (χ4n) is 3.75. The van der Waals surface area contributed by atoms with Crippen molar-refractivity contribution in [3.05, 3.63) is 70.7 Å². The average Bonchev–Trinajstić information content (AvgIpc) is 2.77. The zero-order chi connectivity index (χ0) is 16.9. The fraction of sp³-hybridized carbons (Fsp3) is 0.455. The molecule has 1 saturated heterocycles. The number of likely N-dealkylation sites (tertiary alicyclic amines) is 1. The third-order valence-corrected chi connectivity index (χ3v) is 6.38. The standard InChI is InChI=1S/C22H29NS/c1-4-6-10-20-21(5-2)24-16-18-9-7-8-11-19(18)22(20)23-14-12-17(3)13-15-23/h5-11,17,22H,2,4,12-16H2,1,3H3/b10-6-. The van der Waals surface area contributed by atoms with E-state index in [1.165, 1.54) is 47.5 Å². The summed E-state index contributed by atoms with van der Waals surface area (Å²) in [4.78, 5) is 4.04. The molecule has 1 nitrogen and oxygen atoms in total. The van der Waals surface area contributed by atoms with Crippen molar-refractivity contribution in [1.29, 1.82) is 0 Å². The summed E-state index contributed by atoms with van der Waals surface area (Å²) in [6, 6.07) is 9.39. The van der Waals surface area contributed by atoms with Gasteiger partial charge in [0.25, 0.3) is 0 Å². The number of rotatable bonds is 4. The molecule has 0 amide bonds. The minimum Gasteiger partial charge on any atom is -0.292 e. The van der Waals surface area contributed by atoms with Crippen LogP contribution in [0, 0.1) is 5.92 Å². The normalized spacial score (nSPS) is 23.3. The van der Waals surface area contributed by atoms with Gasteiger partial charge in [0.2, 0.25) is 0 Å². The maximum Gasteiger partial charge on any atom is 0.0615 e. The maximum atomic E-state index is 4.11. The molecule has 2 heterocycles. The van der Waals surface area contributed by atoms with Crippen LogP contribution in [0.4, 0.5) is 0 Å². The zero-order valence-corrected chi connectivity index (χ0v) is 15.8. The molecule has 0 spiro atoms. The first-order valence-corrected chi connectivity index (χ1v) is 10.2. The van der Waals surface area contributed by atoms with Crippen molar-refractivity contribution >= 4 is 11.8 Å². The van der Waals surface area contributed by atoms with Crippen LogP contribution in [0.25, 0.3) is 0 Å². The Morgan fingerprint density at radius 1 is 1.25 bits per heavy atom. The lowest BCUT2D eigenvalue weighted by atomic mass is 9.89. The second-order valence-electron chi connectivity index (χ2n) is 6.94. The number of allylic oxidation sites excluding steroid dienone is 2. The highest BCUT2D eigenvalue weighted by atomic mass is 32.2. The molecule has 1 aromatic carbocycles. The summed E-state index contributed by atoms with van der Waals surface area (Å²) in [5, 5.41) is 0.